The molecule has 0 aliphatic rings. The van der Waals surface area contributed by atoms with E-state index >= 15 is 0 Å². The van der Waals surface area contributed by atoms with Gasteiger partial charge in [-0.1, -0.05) is 6.07 Å². The maximum atomic E-state index is 5.82. The molecule has 0 fully saturated rings. The van der Waals surface area contributed by atoms with Crippen molar-refractivity contribution in [3.63, 3.8) is 0 Å². The lowest BCUT2D eigenvalue weighted by molar-refractivity contribution is 0.960. The highest BCUT2D eigenvalue weighted by Gasteiger charge is 2.14. The number of rotatable bonds is 3. The summed E-state index contributed by atoms with van der Waals surface area (Å²) in [5, 5.41) is 0. The summed E-state index contributed by atoms with van der Waals surface area (Å²) in [6, 6.07) is 12.5. The molecule has 4 nitrogen and oxygen atoms in total. The van der Waals surface area contributed by atoms with Crippen molar-refractivity contribution in [1.82, 2.24) is 14.4 Å². The zero-order valence-corrected chi connectivity index (χ0v) is 14.5. The molecule has 0 bridgehead atoms. The van der Waals surface area contributed by atoms with Gasteiger partial charge in [-0.05, 0) is 44.2 Å². The van der Waals surface area contributed by atoms with E-state index in [4.69, 9.17) is 10.7 Å². The molecule has 0 aliphatic heterocycles. The van der Waals surface area contributed by atoms with E-state index < -0.39 is 0 Å². The van der Waals surface area contributed by atoms with Gasteiger partial charge >= 0.3 is 0 Å². The van der Waals surface area contributed by atoms with Gasteiger partial charge in [0.15, 0.2) is 0 Å². The van der Waals surface area contributed by atoms with Crippen LogP contribution in [-0.2, 0) is 6.54 Å². The number of aryl methyl sites for hydroxylation is 2. The van der Waals surface area contributed by atoms with E-state index in [1.807, 2.05) is 25.3 Å². The van der Waals surface area contributed by atoms with Gasteiger partial charge in [-0.25, -0.2) is 4.98 Å². The van der Waals surface area contributed by atoms with Crippen molar-refractivity contribution >= 4 is 17.0 Å². The predicted molar refractivity (Wildman–Crippen MR) is 99.1 cm³/mol. The maximum Gasteiger partial charge on any atom is 0.136 e. The fourth-order valence-electron chi connectivity index (χ4n) is 2.93. The molecule has 0 amide bonds. The van der Waals surface area contributed by atoms with Crippen molar-refractivity contribution in [2.75, 3.05) is 0 Å². The largest absolute Gasteiger partial charge is 0.325 e. The van der Waals surface area contributed by atoms with Crippen LogP contribution in [0.3, 0.4) is 0 Å². The summed E-state index contributed by atoms with van der Waals surface area (Å²) in [5.74, 6) is 0. The van der Waals surface area contributed by atoms with Gasteiger partial charge < -0.3 is 10.1 Å². The summed E-state index contributed by atoms with van der Waals surface area (Å²) >= 11 is 1.79. The molecule has 0 atom stereocenters. The first-order valence-corrected chi connectivity index (χ1v) is 8.68. The SMILES string of the molecule is Cc1cccc(-c2cc(C)sc2-c2ccc3ncc(CN)n3c2)n1. The Labute approximate surface area is 144 Å². The van der Waals surface area contributed by atoms with Crippen molar-refractivity contribution in [1.29, 1.82) is 0 Å². The van der Waals surface area contributed by atoms with Gasteiger partial charge in [0.05, 0.1) is 17.6 Å². The standard InChI is InChI=1S/C19H18N4S/c1-12-4-3-5-17(22-12)16-8-13(2)24-19(16)14-6-7-18-21-10-15(9-20)23(18)11-14/h3-8,10-11H,9,20H2,1-2H3. The Kier molecular flexibility index (Phi) is 3.67. The Morgan fingerprint density at radius 1 is 1.17 bits per heavy atom. The number of nitrogens with two attached hydrogens (primary N) is 1. The molecule has 0 saturated heterocycles. The third-order valence-corrected chi connectivity index (χ3v) is 5.17. The highest BCUT2D eigenvalue weighted by molar-refractivity contribution is 7.16. The average molecular weight is 334 g/mol. The second kappa shape index (κ2) is 5.85. The zero-order chi connectivity index (χ0) is 16.7. The fraction of sp³-hybridized carbons (Fsp3) is 0.158. The van der Waals surface area contributed by atoms with Crippen LogP contribution in [0.5, 0.6) is 0 Å². The number of hydrogen-bond donors (Lipinski definition) is 1. The number of fused-ring (bicyclic) bond motifs is 1. The molecule has 120 valence electrons. The second-order valence-electron chi connectivity index (χ2n) is 5.86. The highest BCUT2D eigenvalue weighted by atomic mass is 32.1. The molecular formula is C19H18N4S. The fourth-order valence-corrected chi connectivity index (χ4v) is 3.94. The van der Waals surface area contributed by atoms with Crippen LogP contribution in [0.15, 0.2) is 48.8 Å². The molecule has 4 rings (SSSR count). The van der Waals surface area contributed by atoms with E-state index in [0.717, 1.165) is 28.3 Å². The van der Waals surface area contributed by atoms with Crippen molar-refractivity contribution < 1.29 is 0 Å². The van der Waals surface area contributed by atoms with Crippen molar-refractivity contribution in [2.24, 2.45) is 5.73 Å². The van der Waals surface area contributed by atoms with E-state index in [9.17, 15) is 0 Å². The smallest absolute Gasteiger partial charge is 0.136 e. The molecule has 0 spiro atoms. The van der Waals surface area contributed by atoms with Crippen LogP contribution in [0.2, 0.25) is 0 Å². The Bertz CT molecular complexity index is 1030. The van der Waals surface area contributed by atoms with Gasteiger partial charge in [-0.15, -0.1) is 11.3 Å². The Morgan fingerprint density at radius 3 is 2.83 bits per heavy atom. The van der Waals surface area contributed by atoms with Crippen LogP contribution in [0.4, 0.5) is 0 Å². The lowest BCUT2D eigenvalue weighted by Gasteiger charge is -2.06. The number of aromatic nitrogens is 3. The summed E-state index contributed by atoms with van der Waals surface area (Å²) in [6.07, 6.45) is 3.96. The molecular weight excluding hydrogens is 316 g/mol. The first-order valence-electron chi connectivity index (χ1n) is 7.86. The summed E-state index contributed by atoms with van der Waals surface area (Å²) in [7, 11) is 0. The monoisotopic (exact) mass is 334 g/mol. The third-order valence-electron chi connectivity index (χ3n) is 4.07. The Balaban J connectivity index is 1.91. The lowest BCUT2D eigenvalue weighted by atomic mass is 10.1. The van der Waals surface area contributed by atoms with Gasteiger partial charge in [0.1, 0.15) is 5.65 Å². The molecule has 0 unspecified atom stereocenters. The molecule has 2 N–H and O–H groups in total. The molecule has 0 saturated carbocycles. The number of nitrogens with zero attached hydrogens (tertiary/aromatic N) is 3. The molecule has 0 aliphatic carbocycles. The molecule has 4 aromatic rings. The van der Waals surface area contributed by atoms with Gasteiger partial charge in [-0.3, -0.25) is 4.98 Å². The average Bonchev–Trinajstić information content (AvgIpc) is 3.17. The van der Waals surface area contributed by atoms with Crippen LogP contribution >= 0.6 is 11.3 Å². The summed E-state index contributed by atoms with van der Waals surface area (Å²) in [4.78, 5) is 11.6. The summed E-state index contributed by atoms with van der Waals surface area (Å²) in [6.45, 7) is 4.63. The number of hydrogen-bond acceptors (Lipinski definition) is 4. The van der Waals surface area contributed by atoms with Crippen LogP contribution in [0, 0.1) is 13.8 Å². The number of thiophene rings is 1. The minimum Gasteiger partial charge on any atom is -0.325 e. The minimum absolute atomic E-state index is 0.473. The number of imidazole rings is 1. The first kappa shape index (κ1) is 15.1. The highest BCUT2D eigenvalue weighted by Crippen LogP contribution is 2.38. The van der Waals surface area contributed by atoms with E-state index in [1.54, 1.807) is 11.3 Å². The first-order chi connectivity index (χ1) is 11.7. The number of pyridine rings is 2. The Morgan fingerprint density at radius 2 is 2.04 bits per heavy atom. The van der Waals surface area contributed by atoms with Crippen LogP contribution in [0.1, 0.15) is 16.3 Å². The van der Waals surface area contributed by atoms with E-state index in [1.165, 1.54) is 15.3 Å². The van der Waals surface area contributed by atoms with Gasteiger partial charge in [-0.2, -0.15) is 0 Å². The molecule has 0 aromatic carbocycles. The summed E-state index contributed by atoms with van der Waals surface area (Å²) < 4.78 is 2.07. The van der Waals surface area contributed by atoms with Crippen molar-refractivity contribution in [2.45, 2.75) is 20.4 Å². The van der Waals surface area contributed by atoms with E-state index in [-0.39, 0.29) is 0 Å². The normalized spacial score (nSPS) is 11.3. The van der Waals surface area contributed by atoms with Crippen LogP contribution < -0.4 is 5.73 Å². The minimum atomic E-state index is 0.473. The Hall–Kier alpha value is -2.50. The topological polar surface area (TPSA) is 56.2 Å². The maximum absolute atomic E-state index is 5.82. The van der Waals surface area contributed by atoms with Crippen molar-refractivity contribution in [3.8, 4) is 21.7 Å². The van der Waals surface area contributed by atoms with E-state index in [0.29, 0.717) is 6.54 Å². The van der Waals surface area contributed by atoms with E-state index in [2.05, 4.69) is 46.8 Å². The summed E-state index contributed by atoms with van der Waals surface area (Å²) in [5.41, 5.74) is 12.1. The predicted octanol–water partition coefficient (Wildman–Crippen LogP) is 4.20. The van der Waals surface area contributed by atoms with Gasteiger partial charge in [0.2, 0.25) is 0 Å². The molecule has 0 radical (unpaired) electrons. The second-order valence-corrected chi connectivity index (χ2v) is 7.12. The lowest BCUT2D eigenvalue weighted by Crippen LogP contribution is -2.00. The molecule has 4 aromatic heterocycles. The quantitative estimate of drug-likeness (QED) is 0.611. The molecule has 5 heteroatoms. The van der Waals surface area contributed by atoms with Gasteiger partial charge in [0, 0.05) is 39.3 Å². The van der Waals surface area contributed by atoms with Crippen molar-refractivity contribution in [3.05, 3.63) is 65.1 Å². The molecule has 4 heterocycles. The van der Waals surface area contributed by atoms with Gasteiger partial charge in [0.25, 0.3) is 0 Å². The zero-order valence-electron chi connectivity index (χ0n) is 13.7. The molecule has 24 heavy (non-hydrogen) atoms. The third kappa shape index (κ3) is 2.52. The van der Waals surface area contributed by atoms with Crippen LogP contribution in [0.25, 0.3) is 27.3 Å². The van der Waals surface area contributed by atoms with Crippen LogP contribution in [-0.4, -0.2) is 14.4 Å².